The fourth-order valence-corrected chi connectivity index (χ4v) is 4.41. The summed E-state index contributed by atoms with van der Waals surface area (Å²) in [6, 6.07) is -3.51. The molecule has 2 heterocycles. The number of halogens is 4. The highest BCUT2D eigenvalue weighted by Gasteiger charge is 2.56. The van der Waals surface area contributed by atoms with Crippen LogP contribution in [0.15, 0.2) is 18.5 Å². The van der Waals surface area contributed by atoms with Crippen LogP contribution in [0.25, 0.3) is 0 Å². The van der Waals surface area contributed by atoms with E-state index in [9.17, 15) is 32.7 Å². The van der Waals surface area contributed by atoms with E-state index in [1.807, 2.05) is 5.32 Å². The van der Waals surface area contributed by atoms with Crippen molar-refractivity contribution >= 4 is 29.5 Å². The maximum Gasteiger partial charge on any atom is 0.408 e. The van der Waals surface area contributed by atoms with Gasteiger partial charge in [0, 0.05) is 12.4 Å². The minimum atomic E-state index is -4.70. The van der Waals surface area contributed by atoms with E-state index in [1.54, 1.807) is 0 Å². The molecule has 30 heavy (non-hydrogen) atoms. The third kappa shape index (κ3) is 4.69. The van der Waals surface area contributed by atoms with Crippen molar-refractivity contribution in [2.75, 3.05) is 0 Å². The molecule has 0 aromatic carbocycles. The number of amides is 3. The van der Waals surface area contributed by atoms with Gasteiger partial charge in [-0.1, -0.05) is 30.9 Å². The monoisotopic (exact) mass is 447 g/mol. The first-order valence-corrected chi connectivity index (χ1v) is 10.00. The molecule has 3 rings (SSSR count). The lowest BCUT2D eigenvalue weighted by Crippen LogP contribution is -2.70. The summed E-state index contributed by atoms with van der Waals surface area (Å²) in [5, 5.41) is 11.7. The molecule has 0 bridgehead atoms. The third-order valence-electron chi connectivity index (χ3n) is 5.66. The van der Waals surface area contributed by atoms with Crippen LogP contribution in [0.3, 0.4) is 0 Å². The number of urea groups is 1. The number of likely N-dealkylation sites (tertiary alicyclic amines) is 1. The molecule has 7 nitrogen and oxygen atoms in total. The van der Waals surface area contributed by atoms with Gasteiger partial charge in [0.05, 0.1) is 10.9 Å². The quantitative estimate of drug-likeness (QED) is 0.674. The molecule has 2 aliphatic rings. The molecule has 1 aliphatic carbocycles. The van der Waals surface area contributed by atoms with Crippen molar-refractivity contribution in [1.29, 1.82) is 0 Å². The fourth-order valence-electron chi connectivity index (χ4n) is 4.21. The van der Waals surface area contributed by atoms with Gasteiger partial charge in [0.1, 0.15) is 6.04 Å². The molecule has 3 amide bonds. The number of aliphatic carboxylic acids is 1. The third-order valence-corrected chi connectivity index (χ3v) is 5.86. The van der Waals surface area contributed by atoms with Crippen LogP contribution in [-0.2, 0) is 16.0 Å². The zero-order valence-corrected chi connectivity index (χ0v) is 16.6. The molecule has 1 aromatic heterocycles. The van der Waals surface area contributed by atoms with Crippen molar-refractivity contribution in [3.8, 4) is 0 Å². The van der Waals surface area contributed by atoms with Crippen LogP contribution >= 0.6 is 11.6 Å². The van der Waals surface area contributed by atoms with E-state index in [4.69, 9.17) is 11.6 Å². The first kappa shape index (κ1) is 22.3. The van der Waals surface area contributed by atoms with E-state index < -0.39 is 48.0 Å². The summed E-state index contributed by atoms with van der Waals surface area (Å²) in [6.45, 7) is 0. The number of hydrogen-bond donors (Lipinski definition) is 2. The Morgan fingerprint density at radius 2 is 1.93 bits per heavy atom. The van der Waals surface area contributed by atoms with E-state index in [2.05, 4.69) is 4.98 Å². The van der Waals surface area contributed by atoms with Gasteiger partial charge in [-0.05, 0) is 36.8 Å². The maximum absolute atomic E-state index is 13.6. The normalized spacial score (nSPS) is 23.6. The Kier molecular flexibility index (Phi) is 6.54. The summed E-state index contributed by atoms with van der Waals surface area (Å²) in [7, 11) is 0. The topological polar surface area (TPSA) is 99.6 Å². The first-order chi connectivity index (χ1) is 14.1. The number of nitrogens with one attached hydrogen (secondary N) is 1. The molecule has 1 saturated heterocycles. The number of alkyl halides is 3. The Bertz CT molecular complexity index is 829. The molecular weight excluding hydrogens is 427 g/mol. The fraction of sp³-hybridized carbons (Fsp3) is 0.579. The standard InChI is InChI=1S/C19H21ClF3N3O4/c20-12-6-10(8-24-9-12)7-13-14(17(28)29)26(16(13)27)18(30)25-15(19(21,22)23)11-4-2-1-3-5-11/h6,8-9,11,13-15H,1-5,7H2,(H,25,30)(H,28,29)/t13-,14+,15?/m1/s1. The van der Waals surface area contributed by atoms with Gasteiger partial charge in [-0.2, -0.15) is 13.2 Å². The van der Waals surface area contributed by atoms with E-state index in [0.29, 0.717) is 41.2 Å². The number of aromatic nitrogens is 1. The molecule has 2 fully saturated rings. The van der Waals surface area contributed by atoms with Crippen LogP contribution in [0, 0.1) is 11.8 Å². The van der Waals surface area contributed by atoms with Gasteiger partial charge in [0.2, 0.25) is 5.91 Å². The minimum absolute atomic E-state index is 0.0432. The van der Waals surface area contributed by atoms with Gasteiger partial charge in [-0.15, -0.1) is 0 Å². The molecule has 1 saturated carbocycles. The van der Waals surface area contributed by atoms with Gasteiger partial charge in [0.15, 0.2) is 6.04 Å². The van der Waals surface area contributed by atoms with Crippen LogP contribution in [0.1, 0.15) is 37.7 Å². The van der Waals surface area contributed by atoms with Gasteiger partial charge >= 0.3 is 18.2 Å². The maximum atomic E-state index is 13.6. The lowest BCUT2D eigenvalue weighted by atomic mass is 9.82. The summed E-state index contributed by atoms with van der Waals surface area (Å²) >= 11 is 5.83. The lowest BCUT2D eigenvalue weighted by molar-refractivity contribution is -0.172. The van der Waals surface area contributed by atoms with Crippen molar-refractivity contribution in [3.63, 3.8) is 0 Å². The SMILES string of the molecule is O=C(O)[C@@H]1[C@@H](Cc2cncc(Cl)c2)C(=O)N1C(=O)NC(C1CCCCC1)C(F)(F)F. The number of rotatable bonds is 5. The predicted octanol–water partition coefficient (Wildman–Crippen LogP) is 3.41. The van der Waals surface area contributed by atoms with Crippen molar-refractivity contribution in [1.82, 2.24) is 15.2 Å². The van der Waals surface area contributed by atoms with Crippen molar-refractivity contribution in [2.45, 2.75) is 56.8 Å². The van der Waals surface area contributed by atoms with Crippen molar-refractivity contribution in [2.24, 2.45) is 11.8 Å². The highest BCUT2D eigenvalue weighted by molar-refractivity contribution is 6.30. The smallest absolute Gasteiger partial charge is 0.408 e. The number of pyridine rings is 1. The van der Waals surface area contributed by atoms with Crippen LogP contribution in [0.2, 0.25) is 5.02 Å². The lowest BCUT2D eigenvalue weighted by Gasteiger charge is -2.44. The van der Waals surface area contributed by atoms with Gasteiger partial charge in [-0.25, -0.2) is 14.5 Å². The van der Waals surface area contributed by atoms with Gasteiger partial charge in [0.25, 0.3) is 0 Å². The largest absolute Gasteiger partial charge is 0.480 e. The Morgan fingerprint density at radius 1 is 1.27 bits per heavy atom. The van der Waals surface area contributed by atoms with E-state index in [1.165, 1.54) is 18.5 Å². The average Bonchev–Trinajstić information content (AvgIpc) is 2.67. The molecule has 1 aromatic rings. The number of β-lactam (4-membered cyclic amide) rings is 1. The number of carboxylic acids is 1. The molecular formula is C19H21ClF3N3O4. The summed E-state index contributed by atoms with van der Waals surface area (Å²) in [5.74, 6) is -4.20. The second kappa shape index (κ2) is 8.79. The number of carboxylic acid groups (broad SMARTS) is 1. The van der Waals surface area contributed by atoms with Crippen LogP contribution < -0.4 is 5.32 Å². The number of carbonyl (C=O) groups is 3. The average molecular weight is 448 g/mol. The van der Waals surface area contributed by atoms with Crippen molar-refractivity contribution < 1.29 is 32.7 Å². The van der Waals surface area contributed by atoms with E-state index in [0.717, 1.165) is 6.42 Å². The first-order valence-electron chi connectivity index (χ1n) is 9.62. The van der Waals surface area contributed by atoms with Crippen LogP contribution in [-0.4, -0.2) is 51.2 Å². The van der Waals surface area contributed by atoms with Gasteiger partial charge in [-0.3, -0.25) is 9.78 Å². The summed E-state index contributed by atoms with van der Waals surface area (Å²) in [5.41, 5.74) is 0.488. The highest BCUT2D eigenvalue weighted by atomic mass is 35.5. The molecule has 0 radical (unpaired) electrons. The number of nitrogens with zero attached hydrogens (tertiary/aromatic N) is 2. The number of hydrogen-bond acceptors (Lipinski definition) is 4. The minimum Gasteiger partial charge on any atom is -0.480 e. The van der Waals surface area contributed by atoms with Crippen LogP contribution in [0.4, 0.5) is 18.0 Å². The zero-order chi connectivity index (χ0) is 22.1. The predicted molar refractivity (Wildman–Crippen MR) is 99.7 cm³/mol. The Balaban J connectivity index is 1.74. The molecule has 1 unspecified atom stereocenters. The van der Waals surface area contributed by atoms with Crippen LogP contribution in [0.5, 0.6) is 0 Å². The summed E-state index contributed by atoms with van der Waals surface area (Å²) in [6.07, 6.45) is 0.742. The summed E-state index contributed by atoms with van der Waals surface area (Å²) in [4.78, 5) is 40.9. The van der Waals surface area contributed by atoms with E-state index >= 15 is 0 Å². The summed E-state index contributed by atoms with van der Waals surface area (Å²) < 4.78 is 40.7. The molecule has 2 N–H and O–H groups in total. The Morgan fingerprint density at radius 3 is 2.50 bits per heavy atom. The molecule has 164 valence electrons. The van der Waals surface area contributed by atoms with E-state index in [-0.39, 0.29) is 6.42 Å². The van der Waals surface area contributed by atoms with Gasteiger partial charge < -0.3 is 10.4 Å². The van der Waals surface area contributed by atoms with Crippen molar-refractivity contribution in [3.05, 3.63) is 29.0 Å². The second-order valence-electron chi connectivity index (χ2n) is 7.68. The molecule has 1 aliphatic heterocycles. The molecule has 3 atom stereocenters. The Hall–Kier alpha value is -2.36. The number of imide groups is 1. The Labute approximate surface area is 175 Å². The highest BCUT2D eigenvalue weighted by Crippen LogP contribution is 2.36. The second-order valence-corrected chi connectivity index (χ2v) is 8.12. The molecule has 11 heteroatoms. The zero-order valence-electron chi connectivity index (χ0n) is 15.9. The number of carbonyl (C=O) groups excluding carboxylic acids is 2. The molecule has 0 spiro atoms.